The summed E-state index contributed by atoms with van der Waals surface area (Å²) in [4.78, 5) is 0. The zero-order chi connectivity index (χ0) is 15.7. The van der Waals surface area contributed by atoms with Crippen LogP contribution >= 0.6 is 0 Å². The lowest BCUT2D eigenvalue weighted by Gasteiger charge is -2.23. The van der Waals surface area contributed by atoms with Crippen molar-refractivity contribution in [1.29, 1.82) is 0 Å². The predicted octanol–water partition coefficient (Wildman–Crippen LogP) is 5.90. The number of hydrogen-bond donors (Lipinski definition) is 0. The molecule has 1 fully saturated rings. The first-order valence-corrected chi connectivity index (χ1v) is 8.04. The highest BCUT2D eigenvalue weighted by molar-refractivity contribution is 5.44. The lowest BCUT2D eigenvalue weighted by atomic mass is 9.82. The third-order valence-electron chi connectivity index (χ3n) is 4.62. The summed E-state index contributed by atoms with van der Waals surface area (Å²) in [6, 6.07) is 4.23. The number of rotatable bonds is 3. The smallest absolute Gasteiger partial charge is 0.159 e. The Hall–Kier alpha value is -1.70. The Morgan fingerprint density at radius 1 is 1.23 bits per heavy atom. The standard InChI is InChI=1S/C20H22F2/c1-13(2)8-17-11-15-4-3-5-16(15)12-18(17)9-14-6-7-19(21)20(22)10-14/h6-8,10,12,15H,3-5,9,11H2,1-2H3. The first-order valence-electron chi connectivity index (χ1n) is 8.04. The fourth-order valence-electron chi connectivity index (χ4n) is 3.61. The van der Waals surface area contributed by atoms with E-state index >= 15 is 0 Å². The van der Waals surface area contributed by atoms with Crippen LogP contribution in [0.2, 0.25) is 0 Å². The minimum absolute atomic E-state index is 0.673. The molecule has 2 aliphatic rings. The van der Waals surface area contributed by atoms with Crippen molar-refractivity contribution < 1.29 is 8.78 Å². The molecule has 0 bridgehead atoms. The summed E-state index contributed by atoms with van der Waals surface area (Å²) in [5, 5.41) is 0. The minimum Gasteiger partial charge on any atom is -0.204 e. The third kappa shape index (κ3) is 3.21. The molecule has 2 heteroatoms. The van der Waals surface area contributed by atoms with Crippen LogP contribution < -0.4 is 0 Å². The molecule has 0 nitrogen and oxygen atoms in total. The molecule has 0 heterocycles. The minimum atomic E-state index is -0.778. The maximum Gasteiger partial charge on any atom is 0.159 e. The van der Waals surface area contributed by atoms with E-state index in [0.717, 1.165) is 12.0 Å². The van der Waals surface area contributed by atoms with Crippen LogP contribution in [0.1, 0.15) is 45.1 Å². The number of hydrogen-bond acceptors (Lipinski definition) is 0. The van der Waals surface area contributed by atoms with Gasteiger partial charge in [-0.1, -0.05) is 29.4 Å². The van der Waals surface area contributed by atoms with Gasteiger partial charge in [0.15, 0.2) is 11.6 Å². The maximum absolute atomic E-state index is 13.4. The van der Waals surface area contributed by atoms with Crippen LogP contribution in [0.15, 0.2) is 52.6 Å². The van der Waals surface area contributed by atoms with Gasteiger partial charge in [-0.25, -0.2) is 8.78 Å². The van der Waals surface area contributed by atoms with Crippen LogP contribution in [0.4, 0.5) is 8.78 Å². The molecular formula is C20H22F2. The molecule has 1 saturated carbocycles. The molecule has 0 spiro atoms. The van der Waals surface area contributed by atoms with Gasteiger partial charge in [-0.15, -0.1) is 0 Å². The van der Waals surface area contributed by atoms with E-state index in [4.69, 9.17) is 0 Å². The van der Waals surface area contributed by atoms with Crippen LogP contribution in [0.25, 0.3) is 0 Å². The van der Waals surface area contributed by atoms with Gasteiger partial charge in [-0.05, 0) is 80.7 Å². The molecule has 1 aromatic rings. The molecule has 0 saturated heterocycles. The first kappa shape index (κ1) is 15.2. The maximum atomic E-state index is 13.4. The van der Waals surface area contributed by atoms with E-state index in [-0.39, 0.29) is 0 Å². The molecule has 2 aliphatic carbocycles. The summed E-state index contributed by atoms with van der Waals surface area (Å²) < 4.78 is 26.5. The monoisotopic (exact) mass is 300 g/mol. The summed E-state index contributed by atoms with van der Waals surface area (Å²) in [6.07, 6.45) is 10.1. The molecule has 1 aromatic carbocycles. The molecule has 116 valence electrons. The SMILES string of the molecule is CC(C)=CC1=C(Cc2ccc(F)c(F)c2)C=C2CCCC2C1. The Morgan fingerprint density at radius 3 is 2.77 bits per heavy atom. The quantitative estimate of drug-likeness (QED) is 0.652. The van der Waals surface area contributed by atoms with Crippen molar-refractivity contribution in [2.75, 3.05) is 0 Å². The van der Waals surface area contributed by atoms with E-state index in [1.165, 1.54) is 48.1 Å². The number of fused-ring (bicyclic) bond motifs is 1. The average Bonchev–Trinajstić information content (AvgIpc) is 2.89. The van der Waals surface area contributed by atoms with Gasteiger partial charge in [0.05, 0.1) is 0 Å². The number of allylic oxidation sites excluding steroid dienone is 6. The van der Waals surface area contributed by atoms with Gasteiger partial charge in [-0.2, -0.15) is 0 Å². The third-order valence-corrected chi connectivity index (χ3v) is 4.62. The van der Waals surface area contributed by atoms with Crippen molar-refractivity contribution in [1.82, 2.24) is 0 Å². The van der Waals surface area contributed by atoms with E-state index in [2.05, 4.69) is 26.0 Å². The summed E-state index contributed by atoms with van der Waals surface area (Å²) in [5.74, 6) is -0.844. The topological polar surface area (TPSA) is 0 Å². The molecule has 0 amide bonds. The Morgan fingerprint density at radius 2 is 2.05 bits per heavy atom. The van der Waals surface area contributed by atoms with Gasteiger partial charge in [0.2, 0.25) is 0 Å². The van der Waals surface area contributed by atoms with Gasteiger partial charge in [0, 0.05) is 0 Å². The highest BCUT2D eigenvalue weighted by Crippen LogP contribution is 2.41. The molecular weight excluding hydrogens is 278 g/mol. The first-order chi connectivity index (χ1) is 10.5. The van der Waals surface area contributed by atoms with Gasteiger partial charge >= 0.3 is 0 Å². The molecule has 0 radical (unpaired) electrons. The average molecular weight is 300 g/mol. The summed E-state index contributed by atoms with van der Waals surface area (Å²) >= 11 is 0. The van der Waals surface area contributed by atoms with Crippen molar-refractivity contribution >= 4 is 0 Å². The molecule has 0 aromatic heterocycles. The molecule has 0 aliphatic heterocycles. The van der Waals surface area contributed by atoms with Crippen molar-refractivity contribution in [2.24, 2.45) is 5.92 Å². The van der Waals surface area contributed by atoms with E-state index in [1.807, 2.05) is 0 Å². The second kappa shape index (κ2) is 6.20. The zero-order valence-electron chi connectivity index (χ0n) is 13.3. The second-order valence-electron chi connectivity index (χ2n) is 6.71. The van der Waals surface area contributed by atoms with Crippen LogP contribution in [0.3, 0.4) is 0 Å². The van der Waals surface area contributed by atoms with E-state index in [0.29, 0.717) is 12.3 Å². The van der Waals surface area contributed by atoms with Crippen LogP contribution in [0.5, 0.6) is 0 Å². The Balaban J connectivity index is 1.94. The molecule has 0 N–H and O–H groups in total. The molecule has 1 atom stereocenters. The van der Waals surface area contributed by atoms with Crippen molar-refractivity contribution in [3.63, 3.8) is 0 Å². The van der Waals surface area contributed by atoms with E-state index in [1.54, 1.807) is 11.6 Å². The zero-order valence-corrected chi connectivity index (χ0v) is 13.3. The number of halogens is 2. The summed E-state index contributed by atoms with van der Waals surface area (Å²) in [6.45, 7) is 4.21. The van der Waals surface area contributed by atoms with Crippen molar-refractivity contribution in [3.05, 3.63) is 69.8 Å². The van der Waals surface area contributed by atoms with E-state index < -0.39 is 11.6 Å². The van der Waals surface area contributed by atoms with Crippen LogP contribution in [0, 0.1) is 17.6 Å². The van der Waals surface area contributed by atoms with Gasteiger partial charge in [-0.3, -0.25) is 0 Å². The van der Waals surface area contributed by atoms with Gasteiger partial charge in [0.25, 0.3) is 0 Å². The predicted molar refractivity (Wildman–Crippen MR) is 86.6 cm³/mol. The van der Waals surface area contributed by atoms with Crippen LogP contribution in [-0.4, -0.2) is 0 Å². The Kier molecular flexibility index (Phi) is 4.28. The lowest BCUT2D eigenvalue weighted by molar-refractivity contribution is 0.507. The van der Waals surface area contributed by atoms with Gasteiger partial charge in [0.1, 0.15) is 0 Å². The van der Waals surface area contributed by atoms with Crippen LogP contribution in [-0.2, 0) is 6.42 Å². The summed E-state index contributed by atoms with van der Waals surface area (Å²) in [5.41, 5.74) is 6.29. The second-order valence-corrected chi connectivity index (χ2v) is 6.71. The summed E-state index contributed by atoms with van der Waals surface area (Å²) in [7, 11) is 0. The highest BCUT2D eigenvalue weighted by Gasteiger charge is 2.26. The Bertz CT molecular complexity index is 673. The normalized spacial score (nSPS) is 20.7. The van der Waals surface area contributed by atoms with E-state index in [9.17, 15) is 8.78 Å². The van der Waals surface area contributed by atoms with Crippen molar-refractivity contribution in [2.45, 2.75) is 46.0 Å². The fourth-order valence-corrected chi connectivity index (χ4v) is 3.61. The Labute approximate surface area is 131 Å². The molecule has 22 heavy (non-hydrogen) atoms. The molecule has 3 rings (SSSR count). The van der Waals surface area contributed by atoms with Gasteiger partial charge < -0.3 is 0 Å². The van der Waals surface area contributed by atoms with Crippen molar-refractivity contribution in [3.8, 4) is 0 Å². The number of benzene rings is 1. The molecule has 1 unspecified atom stereocenters. The largest absolute Gasteiger partial charge is 0.204 e. The fraction of sp³-hybridized carbons (Fsp3) is 0.400. The highest BCUT2D eigenvalue weighted by atomic mass is 19.2. The lowest BCUT2D eigenvalue weighted by Crippen LogP contribution is -2.08.